The second-order valence-corrected chi connectivity index (χ2v) is 6.72. The molecule has 1 unspecified atom stereocenters. The van der Waals surface area contributed by atoms with Crippen LogP contribution in [-0.2, 0) is 6.42 Å². The molecule has 0 fully saturated rings. The highest BCUT2D eigenvalue weighted by atomic mass is 79.9. The Morgan fingerprint density at radius 1 is 1.35 bits per heavy atom. The van der Waals surface area contributed by atoms with Crippen molar-refractivity contribution in [1.82, 2.24) is 10.3 Å². The molecule has 1 aromatic heterocycles. The second kappa shape index (κ2) is 6.50. The normalized spacial score (nSPS) is 13.7. The molecule has 0 amide bonds. The zero-order valence-electron chi connectivity index (χ0n) is 11.3. The van der Waals surface area contributed by atoms with E-state index in [9.17, 15) is 0 Å². The molecule has 17 heavy (non-hydrogen) atoms. The van der Waals surface area contributed by atoms with E-state index in [-0.39, 0.29) is 0 Å². The van der Waals surface area contributed by atoms with Crippen LogP contribution in [0.4, 0.5) is 0 Å². The first-order chi connectivity index (χ1) is 7.90. The van der Waals surface area contributed by atoms with Crippen LogP contribution >= 0.6 is 15.9 Å². The fraction of sp³-hybridized carbons (Fsp3) is 0.643. The molecule has 0 bridgehead atoms. The van der Waals surface area contributed by atoms with Crippen LogP contribution in [0.2, 0.25) is 0 Å². The molecule has 0 aromatic carbocycles. The zero-order valence-corrected chi connectivity index (χ0v) is 12.8. The molecule has 96 valence electrons. The highest BCUT2D eigenvalue weighted by Gasteiger charge is 2.14. The largest absolute Gasteiger partial charge is 0.317 e. The quantitative estimate of drug-likeness (QED) is 0.894. The molecule has 1 rings (SSSR count). The monoisotopic (exact) mass is 298 g/mol. The number of hydrogen-bond acceptors (Lipinski definition) is 2. The Kier molecular flexibility index (Phi) is 5.60. The van der Waals surface area contributed by atoms with Crippen LogP contribution < -0.4 is 5.32 Å². The van der Waals surface area contributed by atoms with Crippen LogP contribution in [0, 0.1) is 5.41 Å². The van der Waals surface area contributed by atoms with E-state index in [4.69, 9.17) is 0 Å². The summed E-state index contributed by atoms with van der Waals surface area (Å²) in [6, 6.07) is 2.68. The van der Waals surface area contributed by atoms with Gasteiger partial charge in [0.15, 0.2) is 0 Å². The maximum absolute atomic E-state index is 4.21. The standard InChI is InChI=1S/C14H23BrN2/c1-14(2,3)6-5-13(16-4)8-11-7-12(15)10-17-9-11/h7,9-10,13,16H,5-6,8H2,1-4H3. The minimum Gasteiger partial charge on any atom is -0.317 e. The summed E-state index contributed by atoms with van der Waals surface area (Å²) >= 11 is 3.46. The zero-order chi connectivity index (χ0) is 12.9. The lowest BCUT2D eigenvalue weighted by atomic mass is 9.87. The van der Waals surface area contributed by atoms with E-state index in [1.807, 2.05) is 19.4 Å². The summed E-state index contributed by atoms with van der Waals surface area (Å²) in [7, 11) is 2.04. The van der Waals surface area contributed by atoms with Gasteiger partial charge in [0.1, 0.15) is 0 Å². The summed E-state index contributed by atoms with van der Waals surface area (Å²) in [5, 5.41) is 3.40. The molecule has 0 radical (unpaired) electrons. The molecule has 0 saturated carbocycles. The Bertz CT molecular complexity index is 344. The van der Waals surface area contributed by atoms with E-state index in [0.29, 0.717) is 11.5 Å². The molecule has 0 aliphatic rings. The third-order valence-electron chi connectivity index (χ3n) is 2.89. The molecule has 2 nitrogen and oxygen atoms in total. The molecule has 1 aromatic rings. The van der Waals surface area contributed by atoms with Gasteiger partial charge < -0.3 is 5.32 Å². The van der Waals surface area contributed by atoms with Crippen molar-refractivity contribution in [3.05, 3.63) is 28.5 Å². The number of halogens is 1. The Labute approximate surface area is 113 Å². The van der Waals surface area contributed by atoms with Gasteiger partial charge in [-0.3, -0.25) is 4.98 Å². The molecule has 3 heteroatoms. The van der Waals surface area contributed by atoms with Crippen molar-refractivity contribution in [2.45, 2.75) is 46.1 Å². The molecule has 0 aliphatic heterocycles. The van der Waals surface area contributed by atoms with Crippen LogP contribution in [0.15, 0.2) is 22.9 Å². The third kappa shape index (κ3) is 6.18. The summed E-state index contributed by atoms with van der Waals surface area (Å²) in [6.07, 6.45) is 7.25. The van der Waals surface area contributed by atoms with Crippen molar-refractivity contribution in [3.8, 4) is 0 Å². The molecule has 0 spiro atoms. The summed E-state index contributed by atoms with van der Waals surface area (Å²) in [6.45, 7) is 6.88. The van der Waals surface area contributed by atoms with E-state index in [1.165, 1.54) is 18.4 Å². The molecular weight excluding hydrogens is 276 g/mol. The minimum atomic E-state index is 0.407. The summed E-state index contributed by atoms with van der Waals surface area (Å²) in [5.74, 6) is 0. The first-order valence-electron chi connectivity index (χ1n) is 6.17. The fourth-order valence-electron chi connectivity index (χ4n) is 1.81. The SMILES string of the molecule is CNC(CCC(C)(C)C)Cc1cncc(Br)c1. The maximum atomic E-state index is 4.21. The first-order valence-corrected chi connectivity index (χ1v) is 6.97. The topological polar surface area (TPSA) is 24.9 Å². The van der Waals surface area contributed by atoms with E-state index >= 15 is 0 Å². The maximum Gasteiger partial charge on any atom is 0.0410 e. The van der Waals surface area contributed by atoms with Gasteiger partial charge in [0.05, 0.1) is 0 Å². The first kappa shape index (κ1) is 14.7. The van der Waals surface area contributed by atoms with Gasteiger partial charge in [-0.05, 0) is 59.3 Å². The average molecular weight is 299 g/mol. The predicted molar refractivity (Wildman–Crippen MR) is 77.2 cm³/mol. The summed E-state index contributed by atoms with van der Waals surface area (Å²) in [4.78, 5) is 4.21. The number of aromatic nitrogens is 1. The van der Waals surface area contributed by atoms with Crippen molar-refractivity contribution in [3.63, 3.8) is 0 Å². The van der Waals surface area contributed by atoms with Gasteiger partial charge in [0, 0.05) is 22.9 Å². The second-order valence-electron chi connectivity index (χ2n) is 5.80. The van der Waals surface area contributed by atoms with E-state index in [0.717, 1.165) is 10.9 Å². The fourth-order valence-corrected chi connectivity index (χ4v) is 2.22. The van der Waals surface area contributed by atoms with E-state index in [2.05, 4.69) is 53.1 Å². The molecule has 1 atom stereocenters. The number of rotatable bonds is 5. The van der Waals surface area contributed by atoms with Gasteiger partial charge in [-0.25, -0.2) is 0 Å². The lowest BCUT2D eigenvalue weighted by Gasteiger charge is -2.23. The van der Waals surface area contributed by atoms with E-state index < -0.39 is 0 Å². The summed E-state index contributed by atoms with van der Waals surface area (Å²) in [5.41, 5.74) is 1.69. The Hall–Kier alpha value is -0.410. The van der Waals surface area contributed by atoms with Crippen LogP contribution in [0.25, 0.3) is 0 Å². The summed E-state index contributed by atoms with van der Waals surface area (Å²) < 4.78 is 1.06. The highest BCUT2D eigenvalue weighted by Crippen LogP contribution is 2.22. The van der Waals surface area contributed by atoms with Gasteiger partial charge in [-0.2, -0.15) is 0 Å². The Morgan fingerprint density at radius 3 is 2.59 bits per heavy atom. The average Bonchev–Trinajstić information content (AvgIpc) is 2.23. The lowest BCUT2D eigenvalue weighted by molar-refractivity contribution is 0.334. The molecule has 0 aliphatic carbocycles. The van der Waals surface area contributed by atoms with Crippen molar-refractivity contribution in [2.24, 2.45) is 5.41 Å². The van der Waals surface area contributed by atoms with Crippen LogP contribution in [0.5, 0.6) is 0 Å². The highest BCUT2D eigenvalue weighted by molar-refractivity contribution is 9.10. The number of nitrogens with zero attached hydrogens (tertiary/aromatic N) is 1. The smallest absolute Gasteiger partial charge is 0.0410 e. The number of nitrogens with one attached hydrogen (secondary N) is 1. The van der Waals surface area contributed by atoms with Gasteiger partial charge in [-0.15, -0.1) is 0 Å². The van der Waals surface area contributed by atoms with Crippen LogP contribution in [0.3, 0.4) is 0 Å². The van der Waals surface area contributed by atoms with Crippen molar-refractivity contribution in [1.29, 1.82) is 0 Å². The molecule has 1 heterocycles. The molecular formula is C14H23BrN2. The number of likely N-dealkylation sites (N-methyl/N-ethyl adjacent to an activating group) is 1. The van der Waals surface area contributed by atoms with Gasteiger partial charge in [0.2, 0.25) is 0 Å². The number of hydrogen-bond donors (Lipinski definition) is 1. The number of pyridine rings is 1. The third-order valence-corrected chi connectivity index (χ3v) is 3.33. The Balaban J connectivity index is 2.52. The van der Waals surface area contributed by atoms with Crippen LogP contribution in [-0.4, -0.2) is 18.1 Å². The van der Waals surface area contributed by atoms with Crippen molar-refractivity contribution >= 4 is 15.9 Å². The molecule has 1 N–H and O–H groups in total. The lowest BCUT2D eigenvalue weighted by Crippen LogP contribution is -2.29. The van der Waals surface area contributed by atoms with E-state index in [1.54, 1.807) is 0 Å². The van der Waals surface area contributed by atoms with Gasteiger partial charge in [-0.1, -0.05) is 20.8 Å². The minimum absolute atomic E-state index is 0.407. The Morgan fingerprint density at radius 2 is 2.06 bits per heavy atom. The van der Waals surface area contributed by atoms with Crippen molar-refractivity contribution < 1.29 is 0 Å². The van der Waals surface area contributed by atoms with Crippen molar-refractivity contribution in [2.75, 3.05) is 7.05 Å². The van der Waals surface area contributed by atoms with Crippen LogP contribution in [0.1, 0.15) is 39.2 Å². The van der Waals surface area contributed by atoms with Gasteiger partial charge >= 0.3 is 0 Å². The predicted octanol–water partition coefficient (Wildman–Crippen LogP) is 3.80. The van der Waals surface area contributed by atoms with Gasteiger partial charge in [0.25, 0.3) is 0 Å². The molecule has 0 saturated heterocycles.